The summed E-state index contributed by atoms with van der Waals surface area (Å²) in [6.45, 7) is 2.79. The lowest BCUT2D eigenvalue weighted by Crippen LogP contribution is -2.57. The summed E-state index contributed by atoms with van der Waals surface area (Å²) in [5, 5.41) is 18.4. The van der Waals surface area contributed by atoms with Crippen LogP contribution in [-0.2, 0) is 4.74 Å². The van der Waals surface area contributed by atoms with Crippen LogP contribution in [0.3, 0.4) is 0 Å². The highest BCUT2D eigenvalue weighted by atomic mass is 32.1. The molecule has 0 saturated carbocycles. The average molecular weight is 391 g/mol. The van der Waals surface area contributed by atoms with Crippen molar-refractivity contribution in [2.75, 3.05) is 47.4 Å². The number of fused-ring (bicyclic) bond motifs is 1. The van der Waals surface area contributed by atoms with Gasteiger partial charge in [-0.3, -0.25) is 4.99 Å². The molecule has 1 saturated heterocycles. The molecule has 3 rings (SSSR count). The van der Waals surface area contributed by atoms with Gasteiger partial charge in [-0.05, 0) is 44.5 Å². The minimum absolute atomic E-state index is 0.0694. The Bertz CT molecular complexity index is 735. The second-order valence-corrected chi connectivity index (χ2v) is 8.36. The molecule has 1 fully saturated rings. The number of nitrogens with zero attached hydrogens (tertiary/aromatic N) is 2. The summed E-state index contributed by atoms with van der Waals surface area (Å²) in [5.41, 5.74) is 0.0694. The molecule has 1 aromatic carbocycles. The summed E-state index contributed by atoms with van der Waals surface area (Å²) in [4.78, 5) is 7.55. The maximum atomic E-state index is 10.6. The Morgan fingerprint density at radius 1 is 1.30 bits per heavy atom. The number of likely N-dealkylation sites (N-methyl/N-ethyl adjacent to an activating group) is 1. The largest absolute Gasteiger partial charge is 0.386 e. The van der Waals surface area contributed by atoms with Crippen LogP contribution in [0.4, 0.5) is 0 Å². The summed E-state index contributed by atoms with van der Waals surface area (Å²) in [6, 6.07) is 10.3. The molecule has 0 bridgehead atoms. The van der Waals surface area contributed by atoms with Gasteiger partial charge in [-0.25, -0.2) is 0 Å². The number of aliphatic imine (C=N–C) groups is 1. The van der Waals surface area contributed by atoms with Gasteiger partial charge < -0.3 is 25.4 Å². The van der Waals surface area contributed by atoms with Crippen LogP contribution in [0.15, 0.2) is 35.3 Å². The van der Waals surface area contributed by atoms with Gasteiger partial charge in [-0.15, -0.1) is 11.3 Å². The first-order chi connectivity index (χ1) is 13.0. The molecule has 2 heterocycles. The van der Waals surface area contributed by atoms with Crippen molar-refractivity contribution in [3.8, 4) is 0 Å². The molecule has 1 aliphatic rings. The molecule has 0 amide bonds. The molecule has 3 N–H and O–H groups in total. The first-order valence-corrected chi connectivity index (χ1v) is 10.2. The molecule has 148 valence electrons. The molecule has 2 aromatic rings. The zero-order valence-electron chi connectivity index (χ0n) is 16.4. The smallest absolute Gasteiger partial charge is 0.191 e. The molecule has 7 heteroatoms. The van der Waals surface area contributed by atoms with E-state index in [9.17, 15) is 5.11 Å². The Hall–Kier alpha value is -1.67. The van der Waals surface area contributed by atoms with Crippen molar-refractivity contribution < 1.29 is 9.84 Å². The van der Waals surface area contributed by atoms with Gasteiger partial charge in [0.2, 0.25) is 0 Å². The second-order valence-electron chi connectivity index (χ2n) is 7.24. The van der Waals surface area contributed by atoms with Crippen LogP contribution >= 0.6 is 11.3 Å². The van der Waals surface area contributed by atoms with Crippen LogP contribution in [-0.4, -0.2) is 69.0 Å². The molecule has 27 heavy (non-hydrogen) atoms. The highest BCUT2D eigenvalue weighted by Gasteiger charge is 2.34. The number of benzene rings is 1. The van der Waals surface area contributed by atoms with Crippen molar-refractivity contribution >= 4 is 27.4 Å². The van der Waals surface area contributed by atoms with E-state index < -0.39 is 6.10 Å². The van der Waals surface area contributed by atoms with Gasteiger partial charge in [0.05, 0.1) is 0 Å². The van der Waals surface area contributed by atoms with Crippen LogP contribution in [0, 0.1) is 0 Å². The van der Waals surface area contributed by atoms with Gasteiger partial charge in [0, 0.05) is 48.5 Å². The van der Waals surface area contributed by atoms with Gasteiger partial charge in [0.25, 0.3) is 0 Å². The Balaban J connectivity index is 1.55. The highest BCUT2D eigenvalue weighted by Crippen LogP contribution is 2.29. The molecule has 1 unspecified atom stereocenters. The van der Waals surface area contributed by atoms with E-state index >= 15 is 0 Å². The fraction of sp³-hybridized carbons (Fsp3) is 0.550. The predicted molar refractivity (Wildman–Crippen MR) is 113 cm³/mol. The Morgan fingerprint density at radius 3 is 2.70 bits per heavy atom. The van der Waals surface area contributed by atoms with Crippen molar-refractivity contribution in [3.05, 3.63) is 35.2 Å². The number of ether oxygens (including phenoxy) is 1. The third-order valence-electron chi connectivity index (χ3n) is 5.42. The van der Waals surface area contributed by atoms with E-state index in [1.165, 1.54) is 10.1 Å². The van der Waals surface area contributed by atoms with E-state index in [0.29, 0.717) is 12.5 Å². The van der Waals surface area contributed by atoms with Crippen molar-refractivity contribution in [3.63, 3.8) is 0 Å². The number of aliphatic hydroxyl groups is 1. The van der Waals surface area contributed by atoms with Crippen molar-refractivity contribution in [1.29, 1.82) is 0 Å². The minimum Gasteiger partial charge on any atom is -0.386 e. The molecule has 1 aromatic heterocycles. The number of nitrogens with one attached hydrogen (secondary N) is 2. The lowest BCUT2D eigenvalue weighted by Gasteiger charge is -2.43. The van der Waals surface area contributed by atoms with E-state index in [0.717, 1.165) is 37.5 Å². The Morgan fingerprint density at radius 2 is 2.04 bits per heavy atom. The van der Waals surface area contributed by atoms with Crippen LogP contribution in [0.5, 0.6) is 0 Å². The second kappa shape index (κ2) is 9.01. The number of thiophene rings is 1. The summed E-state index contributed by atoms with van der Waals surface area (Å²) < 4.78 is 6.72. The molecular weight excluding hydrogens is 360 g/mol. The zero-order chi connectivity index (χ0) is 19.3. The van der Waals surface area contributed by atoms with E-state index in [-0.39, 0.29) is 5.54 Å². The normalized spacial score (nSPS) is 18.6. The molecule has 0 spiro atoms. The summed E-state index contributed by atoms with van der Waals surface area (Å²) >= 11 is 1.63. The number of guanidine groups is 1. The number of aliphatic hydroxyl groups excluding tert-OH is 1. The van der Waals surface area contributed by atoms with Crippen molar-refractivity contribution in [2.24, 2.45) is 4.99 Å². The first-order valence-electron chi connectivity index (χ1n) is 9.40. The summed E-state index contributed by atoms with van der Waals surface area (Å²) in [6.07, 6.45) is 1.43. The lowest BCUT2D eigenvalue weighted by atomic mass is 9.88. The average Bonchev–Trinajstić information content (AvgIpc) is 3.13. The van der Waals surface area contributed by atoms with Gasteiger partial charge in [0.1, 0.15) is 6.10 Å². The molecule has 0 aliphatic carbocycles. The van der Waals surface area contributed by atoms with E-state index in [1.54, 1.807) is 18.4 Å². The monoisotopic (exact) mass is 390 g/mol. The van der Waals surface area contributed by atoms with E-state index in [2.05, 4.69) is 52.8 Å². The first kappa shape index (κ1) is 20.1. The molecule has 1 atom stereocenters. The van der Waals surface area contributed by atoms with Gasteiger partial charge >= 0.3 is 0 Å². The number of hydrogen-bond acceptors (Lipinski definition) is 5. The Kier molecular flexibility index (Phi) is 6.70. The topological polar surface area (TPSA) is 69.1 Å². The van der Waals surface area contributed by atoms with Gasteiger partial charge in [0.15, 0.2) is 5.96 Å². The number of rotatable bonds is 6. The maximum Gasteiger partial charge on any atom is 0.191 e. The summed E-state index contributed by atoms with van der Waals surface area (Å²) in [7, 11) is 6.00. The van der Waals surface area contributed by atoms with E-state index in [1.807, 2.05) is 12.1 Å². The zero-order valence-corrected chi connectivity index (χ0v) is 17.2. The van der Waals surface area contributed by atoms with Crippen LogP contribution < -0.4 is 10.6 Å². The molecule has 0 radical (unpaired) electrons. The van der Waals surface area contributed by atoms with Crippen molar-refractivity contribution in [2.45, 2.75) is 24.5 Å². The van der Waals surface area contributed by atoms with Gasteiger partial charge in [-0.2, -0.15) is 0 Å². The van der Waals surface area contributed by atoms with Crippen molar-refractivity contribution in [1.82, 2.24) is 15.5 Å². The third-order valence-corrected chi connectivity index (χ3v) is 6.63. The third kappa shape index (κ3) is 4.79. The molecular formula is C20H30N4O2S. The quantitative estimate of drug-likeness (QED) is 0.521. The van der Waals surface area contributed by atoms with Gasteiger partial charge in [-0.1, -0.05) is 18.2 Å². The van der Waals surface area contributed by atoms with Crippen LogP contribution in [0.1, 0.15) is 23.8 Å². The maximum absolute atomic E-state index is 10.6. The fourth-order valence-electron chi connectivity index (χ4n) is 3.46. The highest BCUT2D eigenvalue weighted by molar-refractivity contribution is 7.19. The summed E-state index contributed by atoms with van der Waals surface area (Å²) in [5.74, 6) is 0.711. The number of hydrogen-bond donors (Lipinski definition) is 3. The Labute approximate surface area is 165 Å². The fourth-order valence-corrected chi connectivity index (χ4v) is 4.51. The minimum atomic E-state index is -0.563. The lowest BCUT2D eigenvalue weighted by molar-refractivity contribution is -0.00502. The standard InChI is InChI=1S/C20H30N4O2S/c1-21-19(23-14-20(24(2)3)8-10-26-11-9-20)22-13-16(25)18-12-15-6-4-5-7-17(15)27-18/h4-7,12,16,25H,8-11,13-14H2,1-3H3,(H2,21,22,23). The predicted octanol–water partition coefficient (Wildman–Crippen LogP) is 2.21. The van der Waals surface area contributed by atoms with E-state index in [4.69, 9.17) is 4.74 Å². The van der Waals surface area contributed by atoms with Crippen LogP contribution in [0.2, 0.25) is 0 Å². The SMILES string of the molecule is CN=C(NCC(O)c1cc2ccccc2s1)NCC1(N(C)C)CCOCC1. The molecule has 1 aliphatic heterocycles. The molecule has 6 nitrogen and oxygen atoms in total. The van der Waals surface area contributed by atoms with Crippen LogP contribution in [0.25, 0.3) is 10.1 Å².